The number of aromatic hydroxyl groups is 1. The molecule has 0 fully saturated rings. The molecule has 2 atom stereocenters. The number of phenolic OH excluding ortho intramolecular Hbond substituents is 1. The van der Waals surface area contributed by atoms with Crippen molar-refractivity contribution in [1.82, 2.24) is 0 Å². The molecule has 1 aliphatic rings. The quantitative estimate of drug-likeness (QED) is 0.450. The minimum Gasteiger partial charge on any atom is -0.507 e. The van der Waals surface area contributed by atoms with Crippen LogP contribution in [0.1, 0.15) is 74.9 Å². The Kier molecular flexibility index (Phi) is 7.35. The summed E-state index contributed by atoms with van der Waals surface area (Å²) in [6, 6.07) is 0. The van der Waals surface area contributed by atoms with Crippen molar-refractivity contribution in [1.29, 1.82) is 0 Å². The van der Waals surface area contributed by atoms with Gasteiger partial charge in [0.05, 0.1) is 16.7 Å². The maximum Gasteiger partial charge on any atom is 0.154 e. The van der Waals surface area contributed by atoms with E-state index < -0.39 is 11.7 Å². The zero-order valence-corrected chi connectivity index (χ0v) is 18.2. The average Bonchev–Trinajstić information content (AvgIpc) is 2.62. The molecule has 0 radical (unpaired) electrons. The fourth-order valence-electron chi connectivity index (χ4n) is 3.53. The van der Waals surface area contributed by atoms with Gasteiger partial charge in [0, 0.05) is 12.0 Å². The van der Waals surface area contributed by atoms with E-state index >= 15 is 0 Å². The molecule has 154 valence electrons. The van der Waals surface area contributed by atoms with Gasteiger partial charge < -0.3 is 14.9 Å². The number of hydrogen-bond donors (Lipinski definition) is 2. The Morgan fingerprint density at radius 1 is 1.29 bits per heavy atom. The van der Waals surface area contributed by atoms with Gasteiger partial charge in [-0.25, -0.2) is 0 Å². The first kappa shape index (κ1) is 22.5. The summed E-state index contributed by atoms with van der Waals surface area (Å²) in [5.74, 6) is 0.224. The predicted molar refractivity (Wildman–Crippen MR) is 114 cm³/mol. The van der Waals surface area contributed by atoms with Gasteiger partial charge in [-0.05, 0) is 65.9 Å². The summed E-state index contributed by atoms with van der Waals surface area (Å²) in [5, 5.41) is 21.4. The van der Waals surface area contributed by atoms with Crippen LogP contribution in [0.5, 0.6) is 11.5 Å². The van der Waals surface area contributed by atoms with Crippen LogP contribution in [-0.4, -0.2) is 28.2 Å². The SMILES string of the molecule is CC(C)=CCCC(C)=CCCC1(C)Oc2c(Cl)c(C)c(C=O)c(O)c2CC1O. The first-order valence-corrected chi connectivity index (χ1v) is 10.1. The molecule has 1 aromatic carbocycles. The van der Waals surface area contributed by atoms with Crippen LogP contribution in [-0.2, 0) is 6.42 Å². The Morgan fingerprint density at radius 2 is 1.96 bits per heavy atom. The molecule has 28 heavy (non-hydrogen) atoms. The fraction of sp³-hybridized carbons (Fsp3) is 0.522. The minimum absolute atomic E-state index is 0.150. The third kappa shape index (κ3) is 4.79. The van der Waals surface area contributed by atoms with E-state index in [1.54, 1.807) is 6.92 Å². The van der Waals surface area contributed by atoms with Gasteiger partial charge in [0.1, 0.15) is 17.1 Å². The molecular weight excluding hydrogens is 376 g/mol. The van der Waals surface area contributed by atoms with Crippen molar-refractivity contribution in [3.63, 3.8) is 0 Å². The summed E-state index contributed by atoms with van der Waals surface area (Å²) in [6.45, 7) is 9.86. The fourth-order valence-corrected chi connectivity index (χ4v) is 3.79. The van der Waals surface area contributed by atoms with Gasteiger partial charge in [-0.15, -0.1) is 0 Å². The molecule has 0 aliphatic carbocycles. The molecule has 0 amide bonds. The standard InChI is InChI=1S/C23H31ClO4/c1-14(2)8-6-9-15(3)10-7-11-23(5)19(26)12-17-21(27)18(13-25)16(4)20(24)22(17)28-23/h8,10,13,19,26-27H,6-7,9,11-12H2,1-5H3. The molecule has 0 saturated heterocycles. The molecule has 1 aromatic rings. The van der Waals surface area contributed by atoms with Crippen molar-refractivity contribution in [2.24, 2.45) is 0 Å². The molecular formula is C23H31ClO4. The van der Waals surface area contributed by atoms with Gasteiger partial charge in [0.2, 0.25) is 0 Å². The lowest BCUT2D eigenvalue weighted by Crippen LogP contribution is -2.49. The van der Waals surface area contributed by atoms with Crippen LogP contribution in [0, 0.1) is 6.92 Å². The summed E-state index contributed by atoms with van der Waals surface area (Å²) in [5.41, 5.74) is 2.87. The number of phenols is 1. The highest BCUT2D eigenvalue weighted by atomic mass is 35.5. The third-order valence-corrected chi connectivity index (χ3v) is 5.98. The Hall–Kier alpha value is -1.78. The molecule has 2 unspecified atom stereocenters. The number of aliphatic hydroxyl groups is 1. The van der Waals surface area contributed by atoms with E-state index in [9.17, 15) is 15.0 Å². The number of hydrogen-bond acceptors (Lipinski definition) is 4. The highest BCUT2D eigenvalue weighted by Gasteiger charge is 2.42. The number of ether oxygens (including phenoxy) is 1. The molecule has 1 heterocycles. The maximum absolute atomic E-state index is 11.3. The maximum atomic E-state index is 11.3. The van der Waals surface area contributed by atoms with Gasteiger partial charge >= 0.3 is 0 Å². The molecule has 1 aliphatic heterocycles. The monoisotopic (exact) mass is 406 g/mol. The average molecular weight is 407 g/mol. The smallest absolute Gasteiger partial charge is 0.154 e. The normalized spacial score (nSPS) is 21.7. The molecule has 0 aromatic heterocycles. The second-order valence-corrected chi connectivity index (χ2v) is 8.55. The topological polar surface area (TPSA) is 66.8 Å². The van der Waals surface area contributed by atoms with E-state index in [-0.39, 0.29) is 17.7 Å². The highest BCUT2D eigenvalue weighted by Crippen LogP contribution is 2.47. The van der Waals surface area contributed by atoms with Gasteiger partial charge in [0.25, 0.3) is 0 Å². The molecule has 0 saturated carbocycles. The molecule has 0 bridgehead atoms. The first-order valence-electron chi connectivity index (χ1n) is 9.75. The first-order chi connectivity index (χ1) is 13.1. The van der Waals surface area contributed by atoms with Crippen LogP contribution in [0.3, 0.4) is 0 Å². The Labute approximate surface area is 172 Å². The number of carbonyl (C=O) groups is 1. The van der Waals surface area contributed by atoms with E-state index in [0.29, 0.717) is 34.6 Å². The largest absolute Gasteiger partial charge is 0.507 e. The number of allylic oxidation sites excluding steroid dienone is 4. The number of carbonyl (C=O) groups excluding carboxylic acids is 1. The van der Waals surface area contributed by atoms with Crippen LogP contribution in [0.2, 0.25) is 5.02 Å². The van der Waals surface area contributed by atoms with Crippen molar-refractivity contribution >= 4 is 17.9 Å². The van der Waals surface area contributed by atoms with Crippen molar-refractivity contribution in [2.75, 3.05) is 0 Å². The van der Waals surface area contributed by atoms with E-state index in [1.165, 1.54) is 11.1 Å². The third-order valence-electron chi connectivity index (χ3n) is 5.53. The lowest BCUT2D eigenvalue weighted by atomic mass is 9.84. The van der Waals surface area contributed by atoms with Crippen LogP contribution in [0.15, 0.2) is 23.3 Å². The van der Waals surface area contributed by atoms with E-state index in [2.05, 4.69) is 32.9 Å². The van der Waals surface area contributed by atoms with E-state index in [1.807, 2.05) is 6.92 Å². The summed E-state index contributed by atoms with van der Waals surface area (Å²) < 4.78 is 6.12. The van der Waals surface area contributed by atoms with Crippen molar-refractivity contribution in [3.05, 3.63) is 45.0 Å². The summed E-state index contributed by atoms with van der Waals surface area (Å²) in [6.07, 6.45) is 7.84. The number of fused-ring (bicyclic) bond motifs is 1. The zero-order chi connectivity index (χ0) is 21.1. The van der Waals surface area contributed by atoms with Crippen LogP contribution in [0.4, 0.5) is 0 Å². The molecule has 4 nitrogen and oxygen atoms in total. The Balaban J connectivity index is 2.16. The lowest BCUT2D eigenvalue weighted by molar-refractivity contribution is -0.0592. The van der Waals surface area contributed by atoms with Gasteiger partial charge in [-0.3, -0.25) is 4.79 Å². The lowest BCUT2D eigenvalue weighted by Gasteiger charge is -2.40. The highest BCUT2D eigenvalue weighted by molar-refractivity contribution is 6.33. The van der Waals surface area contributed by atoms with Crippen LogP contribution < -0.4 is 4.74 Å². The number of aliphatic hydroxyl groups excluding tert-OH is 1. The number of rotatable bonds is 7. The Bertz CT molecular complexity index is 806. The molecule has 0 spiro atoms. The van der Waals surface area contributed by atoms with Crippen molar-refractivity contribution in [2.45, 2.75) is 78.4 Å². The molecule has 2 rings (SSSR count). The van der Waals surface area contributed by atoms with Gasteiger partial charge in [-0.2, -0.15) is 0 Å². The van der Waals surface area contributed by atoms with E-state index in [0.717, 1.165) is 19.3 Å². The molecule has 5 heteroatoms. The van der Waals surface area contributed by atoms with E-state index in [4.69, 9.17) is 16.3 Å². The predicted octanol–water partition coefficient (Wildman–Crippen LogP) is 5.69. The second-order valence-electron chi connectivity index (χ2n) is 8.17. The van der Waals surface area contributed by atoms with Crippen LogP contribution >= 0.6 is 11.6 Å². The minimum atomic E-state index is -0.811. The van der Waals surface area contributed by atoms with Crippen molar-refractivity contribution in [3.8, 4) is 11.5 Å². The number of aldehydes is 1. The van der Waals surface area contributed by atoms with Crippen molar-refractivity contribution < 1.29 is 19.7 Å². The van der Waals surface area contributed by atoms with Gasteiger partial charge in [0.15, 0.2) is 6.29 Å². The van der Waals surface area contributed by atoms with Crippen LogP contribution in [0.25, 0.3) is 0 Å². The molecule has 2 N–H and O–H groups in total. The van der Waals surface area contributed by atoms with Gasteiger partial charge in [-0.1, -0.05) is 34.9 Å². The summed E-state index contributed by atoms with van der Waals surface area (Å²) >= 11 is 6.42. The Morgan fingerprint density at radius 3 is 2.57 bits per heavy atom. The summed E-state index contributed by atoms with van der Waals surface area (Å²) in [4.78, 5) is 11.3. The second kappa shape index (κ2) is 9.15. The summed E-state index contributed by atoms with van der Waals surface area (Å²) in [7, 11) is 0. The zero-order valence-electron chi connectivity index (χ0n) is 17.4. The number of halogens is 1. The number of benzene rings is 1.